The molecule has 63 heavy (non-hydrogen) atoms. The van der Waals surface area contributed by atoms with Gasteiger partial charge in [0.1, 0.15) is 19.3 Å². The zero-order valence-corrected chi connectivity index (χ0v) is 43.2. The number of nitrogens with one attached hydrogen (secondary N) is 1. The molecule has 0 rings (SSSR count). The summed E-state index contributed by atoms with van der Waals surface area (Å²) in [5.74, 6) is -0.553. The topological polar surface area (TPSA) is 114 Å². The number of phosphoric acid groups is 1. The fourth-order valence-corrected chi connectivity index (χ4v) is 8.42. The molecule has 0 fully saturated rings. The number of quaternary nitrogens is 1. The standard InChI is InChI=1S/C53H103N2O7P/c1-7-10-13-16-19-22-25-27-30-32-35-38-41-44-51(62-53(57)46-43-40-37-34-29-24-21-18-15-12-9-3)50(49-61-63(58,59)60-48-47-55(4,5)6)54-52(56)45-42-39-36-33-31-28-26-23-20-17-14-11-8-2/h28,31,41,44,50-51H,7-27,29-30,32-40,42-43,45-49H2,1-6H3,(H-,54,56,58,59)/b31-28-,44-41+. The highest BCUT2D eigenvalue weighted by Gasteiger charge is 2.27. The van der Waals surface area contributed by atoms with Crippen molar-refractivity contribution in [3.8, 4) is 0 Å². The highest BCUT2D eigenvalue weighted by Crippen LogP contribution is 2.38. The van der Waals surface area contributed by atoms with Gasteiger partial charge in [-0.15, -0.1) is 0 Å². The van der Waals surface area contributed by atoms with Crippen LogP contribution in [0.5, 0.6) is 0 Å². The average Bonchev–Trinajstić information content (AvgIpc) is 3.23. The number of esters is 1. The van der Waals surface area contributed by atoms with Crippen LogP contribution in [-0.4, -0.2) is 69.4 Å². The molecule has 0 aromatic heterocycles. The summed E-state index contributed by atoms with van der Waals surface area (Å²) in [5.41, 5.74) is 0. The van der Waals surface area contributed by atoms with Crippen molar-refractivity contribution in [1.82, 2.24) is 5.32 Å². The summed E-state index contributed by atoms with van der Waals surface area (Å²) in [5, 5.41) is 3.00. The summed E-state index contributed by atoms with van der Waals surface area (Å²) < 4.78 is 30.1. The van der Waals surface area contributed by atoms with Crippen LogP contribution in [0.4, 0.5) is 0 Å². The monoisotopic (exact) mass is 911 g/mol. The van der Waals surface area contributed by atoms with Crippen LogP contribution in [0.3, 0.4) is 0 Å². The van der Waals surface area contributed by atoms with Crippen molar-refractivity contribution >= 4 is 19.7 Å². The molecule has 0 saturated carbocycles. The van der Waals surface area contributed by atoms with Crippen molar-refractivity contribution in [2.75, 3.05) is 40.9 Å². The van der Waals surface area contributed by atoms with Crippen molar-refractivity contribution in [2.45, 2.75) is 264 Å². The van der Waals surface area contributed by atoms with Gasteiger partial charge in [0, 0.05) is 12.8 Å². The lowest BCUT2D eigenvalue weighted by Crippen LogP contribution is -2.47. The van der Waals surface area contributed by atoms with E-state index in [1.54, 1.807) is 0 Å². The summed E-state index contributed by atoms with van der Waals surface area (Å²) in [4.78, 5) is 39.6. The minimum absolute atomic E-state index is 0.0220. The molecule has 0 aliphatic carbocycles. The lowest BCUT2D eigenvalue weighted by atomic mass is 10.0. The molecule has 1 amide bonds. The Bertz CT molecular complexity index is 1140. The molecule has 372 valence electrons. The number of rotatable bonds is 48. The Kier molecular flexibility index (Phi) is 43.3. The average molecular weight is 911 g/mol. The summed E-state index contributed by atoms with van der Waals surface area (Å²) in [6.45, 7) is 6.82. The molecular weight excluding hydrogens is 808 g/mol. The molecule has 0 spiro atoms. The molecule has 3 unspecified atom stereocenters. The molecule has 1 N–H and O–H groups in total. The predicted octanol–water partition coefficient (Wildman–Crippen LogP) is 14.8. The van der Waals surface area contributed by atoms with Gasteiger partial charge in [0.25, 0.3) is 7.82 Å². The van der Waals surface area contributed by atoms with E-state index < -0.39 is 20.0 Å². The van der Waals surface area contributed by atoms with E-state index in [9.17, 15) is 19.0 Å². The summed E-state index contributed by atoms with van der Waals surface area (Å²) in [6.07, 6.45) is 48.5. The lowest BCUT2D eigenvalue weighted by molar-refractivity contribution is -0.870. The fourth-order valence-electron chi connectivity index (χ4n) is 7.69. The van der Waals surface area contributed by atoms with Gasteiger partial charge in [-0.2, -0.15) is 0 Å². The lowest BCUT2D eigenvalue weighted by Gasteiger charge is -2.30. The first-order chi connectivity index (χ1) is 30.4. The first kappa shape index (κ1) is 61.5. The van der Waals surface area contributed by atoms with Crippen LogP contribution >= 0.6 is 7.82 Å². The van der Waals surface area contributed by atoms with E-state index in [2.05, 4.69) is 38.2 Å². The Labute approximate surface area is 390 Å². The molecule has 10 heteroatoms. The summed E-state index contributed by atoms with van der Waals surface area (Å²) in [6, 6.07) is -0.887. The second kappa shape index (κ2) is 44.3. The molecule has 0 aromatic carbocycles. The van der Waals surface area contributed by atoms with Gasteiger partial charge in [-0.3, -0.25) is 14.2 Å². The molecule has 0 aliphatic heterocycles. The number of unbranched alkanes of at least 4 members (excludes halogenated alkanes) is 30. The van der Waals surface area contributed by atoms with Crippen LogP contribution in [-0.2, 0) is 27.9 Å². The Balaban J connectivity index is 5.45. The van der Waals surface area contributed by atoms with E-state index in [4.69, 9.17) is 13.8 Å². The van der Waals surface area contributed by atoms with Gasteiger partial charge in [0.15, 0.2) is 0 Å². The van der Waals surface area contributed by atoms with Gasteiger partial charge in [-0.1, -0.05) is 206 Å². The number of allylic oxidation sites excluding steroid dienone is 3. The Morgan fingerprint density at radius 1 is 0.540 bits per heavy atom. The highest BCUT2D eigenvalue weighted by molar-refractivity contribution is 7.45. The summed E-state index contributed by atoms with van der Waals surface area (Å²) >= 11 is 0. The van der Waals surface area contributed by atoms with Crippen molar-refractivity contribution < 1.29 is 37.3 Å². The normalized spacial score (nSPS) is 14.1. The second-order valence-electron chi connectivity index (χ2n) is 19.4. The third kappa shape index (κ3) is 45.4. The van der Waals surface area contributed by atoms with Crippen LogP contribution in [0.15, 0.2) is 24.3 Å². The van der Waals surface area contributed by atoms with Gasteiger partial charge >= 0.3 is 5.97 Å². The van der Waals surface area contributed by atoms with Gasteiger partial charge in [0.05, 0.1) is 33.8 Å². The van der Waals surface area contributed by atoms with Gasteiger partial charge < -0.3 is 28.5 Å². The maximum atomic E-state index is 13.4. The molecule has 3 atom stereocenters. The number of carbonyl (C=O) groups is 2. The SMILES string of the molecule is CCCCCCCC/C=C\CCCCCC(=O)NC(COP(=O)([O-])OCC[N+](C)(C)C)C(/C=C/CCCCCCCCCCCCC)OC(=O)CCCCCCCCCCCCC. The van der Waals surface area contributed by atoms with E-state index in [1.165, 1.54) is 148 Å². The largest absolute Gasteiger partial charge is 0.756 e. The molecular formula is C53H103N2O7P. The zero-order chi connectivity index (χ0) is 46.5. The van der Waals surface area contributed by atoms with Crippen LogP contribution < -0.4 is 10.2 Å². The van der Waals surface area contributed by atoms with Crippen LogP contribution in [0.2, 0.25) is 0 Å². The van der Waals surface area contributed by atoms with E-state index >= 15 is 0 Å². The van der Waals surface area contributed by atoms with Crippen LogP contribution in [0.1, 0.15) is 252 Å². The van der Waals surface area contributed by atoms with Crippen molar-refractivity contribution in [1.29, 1.82) is 0 Å². The molecule has 0 bridgehead atoms. The number of nitrogens with zero attached hydrogens (tertiary/aromatic N) is 1. The number of likely N-dealkylation sites (N-methyl/N-ethyl adjacent to an activating group) is 1. The number of hydrogen-bond acceptors (Lipinski definition) is 7. The Morgan fingerprint density at radius 3 is 1.37 bits per heavy atom. The molecule has 0 heterocycles. The van der Waals surface area contributed by atoms with Gasteiger partial charge in [-0.25, -0.2) is 0 Å². The van der Waals surface area contributed by atoms with E-state index in [-0.39, 0.29) is 31.5 Å². The first-order valence-electron chi connectivity index (χ1n) is 26.6. The minimum Gasteiger partial charge on any atom is -0.756 e. The van der Waals surface area contributed by atoms with Crippen molar-refractivity contribution in [3.63, 3.8) is 0 Å². The molecule has 0 aliphatic rings. The fraction of sp³-hybridized carbons (Fsp3) is 0.887. The van der Waals surface area contributed by atoms with E-state index in [1.807, 2.05) is 33.3 Å². The summed E-state index contributed by atoms with van der Waals surface area (Å²) in [7, 11) is 1.18. The molecule has 0 saturated heterocycles. The first-order valence-corrected chi connectivity index (χ1v) is 28.1. The number of phosphoric ester groups is 1. The van der Waals surface area contributed by atoms with Gasteiger partial charge in [-0.05, 0) is 57.4 Å². The minimum atomic E-state index is -4.68. The van der Waals surface area contributed by atoms with Crippen LogP contribution in [0.25, 0.3) is 0 Å². The quantitative estimate of drug-likeness (QED) is 0.0213. The second-order valence-corrected chi connectivity index (χ2v) is 20.8. The molecule has 0 radical (unpaired) electrons. The number of ether oxygens (including phenoxy) is 1. The van der Waals surface area contributed by atoms with Crippen molar-refractivity contribution in [3.05, 3.63) is 24.3 Å². The van der Waals surface area contributed by atoms with Crippen molar-refractivity contribution in [2.24, 2.45) is 0 Å². The maximum absolute atomic E-state index is 13.4. The Hall–Kier alpha value is -1.51. The van der Waals surface area contributed by atoms with E-state index in [0.717, 1.165) is 70.6 Å². The Morgan fingerprint density at radius 2 is 0.921 bits per heavy atom. The third-order valence-corrected chi connectivity index (χ3v) is 12.8. The smallest absolute Gasteiger partial charge is 0.306 e. The third-order valence-electron chi connectivity index (χ3n) is 11.9. The molecule has 0 aromatic rings. The number of amides is 1. The van der Waals surface area contributed by atoms with Crippen LogP contribution in [0, 0.1) is 0 Å². The molecule has 9 nitrogen and oxygen atoms in total. The zero-order valence-electron chi connectivity index (χ0n) is 42.3. The predicted molar refractivity (Wildman–Crippen MR) is 266 cm³/mol. The highest BCUT2D eigenvalue weighted by atomic mass is 31.2. The van der Waals surface area contributed by atoms with Gasteiger partial charge in [0.2, 0.25) is 5.91 Å². The van der Waals surface area contributed by atoms with E-state index in [0.29, 0.717) is 17.4 Å². The maximum Gasteiger partial charge on any atom is 0.306 e. The number of carbonyl (C=O) groups excluding carboxylic acids is 2. The number of hydrogen-bond donors (Lipinski definition) is 1.